The van der Waals surface area contributed by atoms with E-state index in [0.717, 1.165) is 24.4 Å². The quantitative estimate of drug-likeness (QED) is 0.703. The van der Waals surface area contributed by atoms with Crippen LogP contribution >= 0.6 is 0 Å². The molecule has 1 rings (SSSR count). The highest BCUT2D eigenvalue weighted by Crippen LogP contribution is 2.22. The molecule has 0 bridgehead atoms. The lowest BCUT2D eigenvalue weighted by Gasteiger charge is -2.29. The summed E-state index contributed by atoms with van der Waals surface area (Å²) in [6.07, 6.45) is 11.1. The van der Waals surface area contributed by atoms with Crippen LogP contribution in [0.4, 0.5) is 0 Å². The monoisotopic (exact) mass is 254 g/mol. The van der Waals surface area contributed by atoms with E-state index in [1.807, 2.05) is 0 Å². The van der Waals surface area contributed by atoms with Crippen molar-refractivity contribution in [2.45, 2.75) is 71.3 Å². The fourth-order valence-electron chi connectivity index (χ4n) is 3.27. The molecule has 0 aromatic heterocycles. The van der Waals surface area contributed by atoms with E-state index in [1.165, 1.54) is 57.9 Å². The molecule has 2 heteroatoms. The average molecular weight is 254 g/mol. The summed E-state index contributed by atoms with van der Waals surface area (Å²) in [5.74, 6) is 1.50. The molecule has 2 N–H and O–H groups in total. The Balaban J connectivity index is 2.27. The van der Waals surface area contributed by atoms with Crippen LogP contribution in [0, 0.1) is 11.8 Å². The Kier molecular flexibility index (Phi) is 7.92. The van der Waals surface area contributed by atoms with Gasteiger partial charge in [0, 0.05) is 6.04 Å². The third-order valence-corrected chi connectivity index (χ3v) is 4.48. The van der Waals surface area contributed by atoms with Crippen LogP contribution in [0.3, 0.4) is 0 Å². The molecular formula is C16H34N2. The Bertz CT molecular complexity index is 195. The molecule has 1 saturated carbocycles. The number of nitrogens with two attached hydrogens (primary N) is 1. The van der Waals surface area contributed by atoms with Crippen molar-refractivity contribution in [3.63, 3.8) is 0 Å². The Morgan fingerprint density at radius 1 is 1.11 bits per heavy atom. The number of rotatable bonds is 7. The van der Waals surface area contributed by atoms with Gasteiger partial charge in [-0.05, 0) is 57.7 Å². The first-order valence-corrected chi connectivity index (χ1v) is 8.03. The van der Waals surface area contributed by atoms with E-state index in [4.69, 9.17) is 5.73 Å². The van der Waals surface area contributed by atoms with Gasteiger partial charge in [0.1, 0.15) is 0 Å². The van der Waals surface area contributed by atoms with Crippen LogP contribution in [0.1, 0.15) is 65.2 Å². The normalized spacial score (nSPS) is 20.3. The minimum Gasteiger partial charge on any atom is -0.330 e. The maximum Gasteiger partial charge on any atom is 0.00922 e. The molecule has 2 nitrogen and oxygen atoms in total. The molecule has 0 radical (unpaired) electrons. The Hall–Kier alpha value is -0.0800. The van der Waals surface area contributed by atoms with Crippen molar-refractivity contribution in [1.82, 2.24) is 4.90 Å². The molecule has 1 atom stereocenters. The van der Waals surface area contributed by atoms with Crippen molar-refractivity contribution >= 4 is 0 Å². The van der Waals surface area contributed by atoms with Crippen molar-refractivity contribution in [3.05, 3.63) is 0 Å². The molecule has 1 unspecified atom stereocenters. The van der Waals surface area contributed by atoms with E-state index in [2.05, 4.69) is 25.8 Å². The zero-order valence-corrected chi connectivity index (χ0v) is 12.8. The fourth-order valence-corrected chi connectivity index (χ4v) is 3.27. The number of hydrogen-bond donors (Lipinski definition) is 1. The van der Waals surface area contributed by atoms with Gasteiger partial charge < -0.3 is 10.6 Å². The van der Waals surface area contributed by atoms with E-state index in [-0.39, 0.29) is 0 Å². The van der Waals surface area contributed by atoms with Crippen LogP contribution in [0.2, 0.25) is 0 Å². The second kappa shape index (κ2) is 8.92. The lowest BCUT2D eigenvalue weighted by Crippen LogP contribution is -2.34. The minimum atomic E-state index is 0.721. The number of nitrogens with zero attached hydrogens (tertiary/aromatic N) is 1. The van der Waals surface area contributed by atoms with Gasteiger partial charge in [0.05, 0.1) is 0 Å². The van der Waals surface area contributed by atoms with Crippen molar-refractivity contribution in [1.29, 1.82) is 0 Å². The van der Waals surface area contributed by atoms with Crippen LogP contribution in [0.5, 0.6) is 0 Å². The molecule has 1 aliphatic carbocycles. The molecule has 0 saturated heterocycles. The van der Waals surface area contributed by atoms with E-state index in [1.54, 1.807) is 0 Å². The zero-order chi connectivity index (χ0) is 13.4. The summed E-state index contributed by atoms with van der Waals surface area (Å²) in [5.41, 5.74) is 5.89. The fraction of sp³-hybridized carbons (Fsp3) is 1.00. The molecule has 18 heavy (non-hydrogen) atoms. The molecule has 0 amide bonds. The summed E-state index contributed by atoms with van der Waals surface area (Å²) in [5, 5.41) is 0. The summed E-state index contributed by atoms with van der Waals surface area (Å²) in [6.45, 7) is 6.70. The van der Waals surface area contributed by atoms with Gasteiger partial charge in [-0.25, -0.2) is 0 Å². The van der Waals surface area contributed by atoms with Gasteiger partial charge in [-0.15, -0.1) is 0 Å². The summed E-state index contributed by atoms with van der Waals surface area (Å²) in [4.78, 5) is 2.61. The average Bonchev–Trinajstić information content (AvgIpc) is 2.62. The second-order valence-electron chi connectivity index (χ2n) is 6.65. The van der Waals surface area contributed by atoms with Crippen LogP contribution in [0.15, 0.2) is 0 Å². The Labute approximate surface area is 114 Å². The first-order valence-electron chi connectivity index (χ1n) is 8.03. The molecule has 0 aromatic carbocycles. The topological polar surface area (TPSA) is 29.3 Å². The Morgan fingerprint density at radius 3 is 2.22 bits per heavy atom. The first kappa shape index (κ1) is 16.0. The van der Waals surface area contributed by atoms with Gasteiger partial charge in [0.25, 0.3) is 0 Å². The van der Waals surface area contributed by atoms with Crippen LogP contribution in [0.25, 0.3) is 0 Å². The molecule has 0 aromatic rings. The first-order chi connectivity index (χ1) is 8.63. The maximum atomic E-state index is 5.89. The van der Waals surface area contributed by atoms with E-state index >= 15 is 0 Å². The van der Waals surface area contributed by atoms with Crippen molar-refractivity contribution in [3.8, 4) is 0 Å². The van der Waals surface area contributed by atoms with Gasteiger partial charge in [0.15, 0.2) is 0 Å². The predicted octanol–water partition coefficient (Wildman–Crippen LogP) is 3.65. The number of hydrogen-bond acceptors (Lipinski definition) is 2. The van der Waals surface area contributed by atoms with Crippen LogP contribution in [-0.4, -0.2) is 31.1 Å². The van der Waals surface area contributed by atoms with Crippen LogP contribution < -0.4 is 5.73 Å². The largest absolute Gasteiger partial charge is 0.330 e. The SMILES string of the molecule is CC(C)CC(CN)CCN(C)C1CCCCCC1. The van der Waals surface area contributed by atoms with E-state index < -0.39 is 0 Å². The molecule has 0 spiro atoms. The minimum absolute atomic E-state index is 0.721. The highest BCUT2D eigenvalue weighted by atomic mass is 15.1. The smallest absolute Gasteiger partial charge is 0.00922 e. The second-order valence-corrected chi connectivity index (χ2v) is 6.65. The molecular weight excluding hydrogens is 220 g/mol. The van der Waals surface area contributed by atoms with Crippen molar-refractivity contribution < 1.29 is 0 Å². The van der Waals surface area contributed by atoms with Gasteiger partial charge >= 0.3 is 0 Å². The van der Waals surface area contributed by atoms with Gasteiger partial charge in [-0.3, -0.25) is 0 Å². The molecule has 108 valence electrons. The highest BCUT2D eigenvalue weighted by molar-refractivity contribution is 4.73. The Morgan fingerprint density at radius 2 is 1.72 bits per heavy atom. The third kappa shape index (κ3) is 6.19. The summed E-state index contributed by atoms with van der Waals surface area (Å²) in [6, 6.07) is 0.838. The predicted molar refractivity (Wildman–Crippen MR) is 80.7 cm³/mol. The zero-order valence-electron chi connectivity index (χ0n) is 12.8. The standard InChI is InChI=1S/C16H34N2/c1-14(2)12-15(13-17)10-11-18(3)16-8-6-4-5-7-9-16/h14-16H,4-13,17H2,1-3H3. The van der Waals surface area contributed by atoms with E-state index in [0.29, 0.717) is 0 Å². The summed E-state index contributed by atoms with van der Waals surface area (Å²) < 4.78 is 0. The van der Waals surface area contributed by atoms with Gasteiger partial charge in [-0.2, -0.15) is 0 Å². The summed E-state index contributed by atoms with van der Waals surface area (Å²) in [7, 11) is 2.32. The highest BCUT2D eigenvalue weighted by Gasteiger charge is 2.18. The maximum absolute atomic E-state index is 5.89. The van der Waals surface area contributed by atoms with Crippen molar-refractivity contribution in [2.24, 2.45) is 17.6 Å². The van der Waals surface area contributed by atoms with Crippen molar-refractivity contribution in [2.75, 3.05) is 20.1 Å². The summed E-state index contributed by atoms with van der Waals surface area (Å²) >= 11 is 0. The molecule has 1 fully saturated rings. The third-order valence-electron chi connectivity index (χ3n) is 4.48. The van der Waals surface area contributed by atoms with Crippen LogP contribution in [-0.2, 0) is 0 Å². The molecule has 0 heterocycles. The molecule has 0 aliphatic heterocycles. The molecule has 1 aliphatic rings. The van der Waals surface area contributed by atoms with Gasteiger partial charge in [-0.1, -0.05) is 39.5 Å². The lowest BCUT2D eigenvalue weighted by molar-refractivity contribution is 0.201. The van der Waals surface area contributed by atoms with Gasteiger partial charge in [0.2, 0.25) is 0 Å². The van der Waals surface area contributed by atoms with E-state index in [9.17, 15) is 0 Å². The lowest BCUT2D eigenvalue weighted by atomic mass is 9.94.